The van der Waals surface area contributed by atoms with Gasteiger partial charge in [0.05, 0.1) is 4.90 Å². The molecule has 0 aromatic heterocycles. The topological polar surface area (TPSA) is 105 Å². The van der Waals surface area contributed by atoms with Gasteiger partial charge < -0.3 is 10.9 Å². The number of oxime groups is 1. The first-order valence-corrected chi connectivity index (χ1v) is 9.26. The molecule has 118 valence electrons. The SMILES string of the molecule is Cc1cc(Br)c(S(=O)(=O)NCCCC/C(N)=N/O)cc1Br. The zero-order valence-electron chi connectivity index (χ0n) is 11.4. The predicted molar refractivity (Wildman–Crippen MR) is 89.0 cm³/mol. The lowest BCUT2D eigenvalue weighted by Gasteiger charge is -2.10. The molecule has 0 fully saturated rings. The van der Waals surface area contributed by atoms with Crippen LogP contribution in [0.1, 0.15) is 24.8 Å². The molecule has 9 heteroatoms. The molecule has 0 saturated carbocycles. The van der Waals surface area contributed by atoms with Crippen LogP contribution in [-0.2, 0) is 10.0 Å². The van der Waals surface area contributed by atoms with Crippen LogP contribution in [0, 0.1) is 6.92 Å². The smallest absolute Gasteiger partial charge is 0.241 e. The molecule has 0 amide bonds. The lowest BCUT2D eigenvalue weighted by atomic mass is 10.2. The second-order valence-corrected chi connectivity index (χ2v) is 7.92. The van der Waals surface area contributed by atoms with Gasteiger partial charge in [0.1, 0.15) is 5.84 Å². The highest BCUT2D eigenvalue weighted by Crippen LogP contribution is 2.28. The molecule has 1 rings (SSSR count). The predicted octanol–water partition coefficient (Wildman–Crippen LogP) is 2.72. The van der Waals surface area contributed by atoms with Gasteiger partial charge in [0, 0.05) is 21.9 Å². The van der Waals surface area contributed by atoms with E-state index < -0.39 is 10.0 Å². The van der Waals surface area contributed by atoms with Gasteiger partial charge in [-0.1, -0.05) is 21.1 Å². The van der Waals surface area contributed by atoms with E-state index in [-0.39, 0.29) is 10.7 Å². The number of unbranched alkanes of at least 4 members (excludes halogenated alkanes) is 1. The highest BCUT2D eigenvalue weighted by molar-refractivity contribution is 9.11. The van der Waals surface area contributed by atoms with Gasteiger partial charge in [0.25, 0.3) is 0 Å². The third-order valence-corrected chi connectivity index (χ3v) is 6.06. The number of nitrogens with zero attached hydrogens (tertiary/aromatic N) is 1. The Balaban J connectivity index is 2.64. The van der Waals surface area contributed by atoms with Gasteiger partial charge >= 0.3 is 0 Å². The first-order valence-electron chi connectivity index (χ1n) is 6.19. The minimum Gasteiger partial charge on any atom is -0.409 e. The maximum absolute atomic E-state index is 12.2. The van der Waals surface area contributed by atoms with Crippen molar-refractivity contribution in [2.75, 3.05) is 6.54 Å². The van der Waals surface area contributed by atoms with E-state index in [1.807, 2.05) is 6.92 Å². The largest absolute Gasteiger partial charge is 0.409 e. The van der Waals surface area contributed by atoms with E-state index in [9.17, 15) is 8.42 Å². The number of hydrogen-bond acceptors (Lipinski definition) is 4. The summed E-state index contributed by atoms with van der Waals surface area (Å²) in [5.74, 6) is 0.142. The minimum absolute atomic E-state index is 0.142. The minimum atomic E-state index is -3.57. The number of sulfonamides is 1. The number of amidine groups is 1. The first-order chi connectivity index (χ1) is 9.77. The molecular formula is C12H17Br2N3O3S. The van der Waals surface area contributed by atoms with E-state index in [1.54, 1.807) is 12.1 Å². The average Bonchev–Trinajstić information content (AvgIpc) is 2.41. The zero-order chi connectivity index (χ0) is 16.0. The van der Waals surface area contributed by atoms with E-state index >= 15 is 0 Å². The van der Waals surface area contributed by atoms with Gasteiger partial charge in [-0.3, -0.25) is 0 Å². The number of rotatable bonds is 7. The number of nitrogens with one attached hydrogen (secondary N) is 1. The standard InChI is InChI=1S/C12H17Br2N3O3S/c1-8-6-10(14)11(7-9(8)13)21(19,20)16-5-3-2-4-12(15)17-18/h6-7,16,18H,2-5H2,1H3,(H2,15,17). The Morgan fingerprint density at radius 2 is 2.00 bits per heavy atom. The number of aryl methyl sites for hydroxylation is 1. The molecule has 4 N–H and O–H groups in total. The average molecular weight is 443 g/mol. The van der Waals surface area contributed by atoms with Gasteiger partial charge in [-0.25, -0.2) is 13.1 Å². The summed E-state index contributed by atoms with van der Waals surface area (Å²) < 4.78 is 28.2. The van der Waals surface area contributed by atoms with Crippen molar-refractivity contribution in [1.82, 2.24) is 4.72 Å². The fraction of sp³-hybridized carbons (Fsp3) is 0.417. The van der Waals surface area contributed by atoms with Gasteiger partial charge in [0.15, 0.2) is 0 Å². The molecule has 0 saturated heterocycles. The van der Waals surface area contributed by atoms with Gasteiger partial charge in [-0.05, 0) is 53.4 Å². The molecule has 0 aliphatic rings. The Morgan fingerprint density at radius 1 is 1.33 bits per heavy atom. The van der Waals surface area contributed by atoms with Crippen LogP contribution >= 0.6 is 31.9 Å². The number of hydrogen-bond donors (Lipinski definition) is 3. The maximum Gasteiger partial charge on any atom is 0.241 e. The van der Waals surface area contributed by atoms with Gasteiger partial charge in [0.2, 0.25) is 10.0 Å². The van der Waals surface area contributed by atoms with Crippen LogP contribution in [0.5, 0.6) is 0 Å². The number of benzene rings is 1. The van der Waals surface area contributed by atoms with E-state index in [4.69, 9.17) is 10.9 Å². The van der Waals surface area contributed by atoms with Crippen molar-refractivity contribution in [2.24, 2.45) is 10.9 Å². The Kier molecular flexibility index (Phi) is 7.11. The third-order valence-electron chi connectivity index (χ3n) is 2.78. The summed E-state index contributed by atoms with van der Waals surface area (Å²) in [7, 11) is -3.57. The van der Waals surface area contributed by atoms with Crippen molar-refractivity contribution < 1.29 is 13.6 Å². The van der Waals surface area contributed by atoms with Crippen LogP contribution in [0.25, 0.3) is 0 Å². The second-order valence-electron chi connectivity index (χ2n) is 4.48. The van der Waals surface area contributed by atoms with Crippen molar-refractivity contribution in [1.29, 1.82) is 0 Å². The van der Waals surface area contributed by atoms with Crippen LogP contribution in [0.4, 0.5) is 0 Å². The van der Waals surface area contributed by atoms with Gasteiger partial charge in [-0.2, -0.15) is 0 Å². The highest BCUT2D eigenvalue weighted by Gasteiger charge is 2.18. The van der Waals surface area contributed by atoms with E-state index in [2.05, 4.69) is 41.7 Å². The molecule has 0 atom stereocenters. The van der Waals surface area contributed by atoms with Crippen molar-refractivity contribution in [3.8, 4) is 0 Å². The zero-order valence-corrected chi connectivity index (χ0v) is 15.4. The summed E-state index contributed by atoms with van der Waals surface area (Å²) in [4.78, 5) is 0.191. The quantitative estimate of drug-likeness (QED) is 0.198. The van der Waals surface area contributed by atoms with Crippen molar-refractivity contribution in [3.05, 3.63) is 26.6 Å². The van der Waals surface area contributed by atoms with Crippen LogP contribution in [-0.4, -0.2) is 26.0 Å². The van der Waals surface area contributed by atoms with E-state index in [1.165, 1.54) is 0 Å². The molecule has 0 unspecified atom stereocenters. The summed E-state index contributed by atoms with van der Waals surface area (Å²) in [6.45, 7) is 2.17. The molecule has 0 aliphatic heterocycles. The van der Waals surface area contributed by atoms with Gasteiger partial charge in [-0.15, -0.1) is 0 Å². The fourth-order valence-corrected chi connectivity index (χ4v) is 4.35. The van der Waals surface area contributed by atoms with Crippen molar-refractivity contribution >= 4 is 47.7 Å². The molecule has 6 nitrogen and oxygen atoms in total. The summed E-state index contributed by atoms with van der Waals surface area (Å²) in [6, 6.07) is 3.31. The Morgan fingerprint density at radius 3 is 2.62 bits per heavy atom. The first kappa shape index (κ1) is 18.4. The van der Waals surface area contributed by atoms with Crippen LogP contribution < -0.4 is 10.5 Å². The van der Waals surface area contributed by atoms with Crippen LogP contribution in [0.3, 0.4) is 0 Å². The molecule has 1 aromatic rings. The normalized spacial score (nSPS) is 12.6. The molecule has 21 heavy (non-hydrogen) atoms. The molecule has 1 aromatic carbocycles. The summed E-state index contributed by atoms with van der Waals surface area (Å²) in [5.41, 5.74) is 6.28. The molecule has 0 spiro atoms. The highest BCUT2D eigenvalue weighted by atomic mass is 79.9. The summed E-state index contributed by atoms with van der Waals surface area (Å²) in [5, 5.41) is 11.2. The summed E-state index contributed by atoms with van der Waals surface area (Å²) >= 11 is 6.59. The van der Waals surface area contributed by atoms with Crippen molar-refractivity contribution in [2.45, 2.75) is 31.1 Å². The number of halogens is 2. The molecule has 0 radical (unpaired) electrons. The monoisotopic (exact) mass is 441 g/mol. The van der Waals surface area contributed by atoms with Crippen LogP contribution in [0.15, 0.2) is 31.1 Å². The lowest BCUT2D eigenvalue weighted by Crippen LogP contribution is -2.25. The lowest BCUT2D eigenvalue weighted by molar-refractivity contribution is 0.316. The second kappa shape index (κ2) is 8.11. The van der Waals surface area contributed by atoms with E-state index in [0.717, 1.165) is 10.0 Å². The molecule has 0 bridgehead atoms. The molecule has 0 aliphatic carbocycles. The maximum atomic E-state index is 12.2. The Hall–Kier alpha value is -0.640. The fourth-order valence-electron chi connectivity index (χ4n) is 1.60. The van der Waals surface area contributed by atoms with Crippen molar-refractivity contribution in [3.63, 3.8) is 0 Å². The summed E-state index contributed by atoms with van der Waals surface area (Å²) in [6.07, 6.45) is 1.66. The Bertz CT molecular complexity index is 633. The number of nitrogens with two attached hydrogens (primary N) is 1. The third kappa shape index (κ3) is 5.57. The van der Waals surface area contributed by atoms with Crippen LogP contribution in [0.2, 0.25) is 0 Å². The molecular weight excluding hydrogens is 426 g/mol. The van der Waals surface area contributed by atoms with E-state index in [0.29, 0.717) is 30.3 Å². The molecule has 0 heterocycles. The Labute approximate surface area is 141 Å².